The largest absolute Gasteiger partial charge is 0.468 e. The van der Waals surface area contributed by atoms with Crippen molar-refractivity contribution in [3.05, 3.63) is 41.2 Å². The molecule has 1 fully saturated rings. The number of aryl methyl sites for hydroxylation is 1. The third-order valence-electron chi connectivity index (χ3n) is 3.47. The van der Waals surface area contributed by atoms with Crippen molar-refractivity contribution in [1.82, 2.24) is 4.31 Å². The van der Waals surface area contributed by atoms with E-state index in [1.807, 2.05) is 25.1 Å². The Hall–Kier alpha value is -0.760. The van der Waals surface area contributed by atoms with Crippen LogP contribution in [0.3, 0.4) is 0 Å². The van der Waals surface area contributed by atoms with Gasteiger partial charge in [0.05, 0.1) is 11.5 Å². The van der Waals surface area contributed by atoms with Gasteiger partial charge in [0.25, 0.3) is 10.0 Å². The van der Waals surface area contributed by atoms with Crippen LogP contribution < -0.4 is 0 Å². The summed E-state index contributed by atoms with van der Waals surface area (Å²) in [4.78, 5) is 1.02. The Bertz CT molecular complexity index is 691. The molecule has 4 nitrogen and oxygen atoms in total. The van der Waals surface area contributed by atoms with Crippen LogP contribution in [0, 0.1) is 6.92 Å². The molecule has 114 valence electrons. The van der Waals surface area contributed by atoms with E-state index in [1.165, 1.54) is 11.3 Å². The van der Waals surface area contributed by atoms with E-state index in [2.05, 4.69) is 0 Å². The number of hydrogen-bond acceptors (Lipinski definition) is 5. The second kappa shape index (κ2) is 6.16. The van der Waals surface area contributed by atoms with Crippen molar-refractivity contribution < 1.29 is 12.8 Å². The van der Waals surface area contributed by atoms with Gasteiger partial charge in [-0.05, 0) is 37.6 Å². The molecule has 0 bridgehead atoms. The van der Waals surface area contributed by atoms with Gasteiger partial charge in [0.1, 0.15) is 9.97 Å². The minimum Gasteiger partial charge on any atom is -0.468 e. The molecule has 0 amide bonds. The molecular weight excluding hydrogens is 326 g/mol. The minimum absolute atomic E-state index is 0.241. The van der Waals surface area contributed by atoms with E-state index in [4.69, 9.17) is 4.42 Å². The van der Waals surface area contributed by atoms with Gasteiger partial charge in [-0.3, -0.25) is 0 Å². The molecule has 1 saturated heterocycles. The van der Waals surface area contributed by atoms with E-state index in [0.717, 1.165) is 22.8 Å². The molecule has 2 aromatic rings. The third-order valence-corrected chi connectivity index (χ3v) is 8.13. The Balaban J connectivity index is 1.75. The maximum absolute atomic E-state index is 12.7. The summed E-state index contributed by atoms with van der Waals surface area (Å²) in [6.07, 6.45) is 2.45. The fourth-order valence-electron chi connectivity index (χ4n) is 2.37. The van der Waals surface area contributed by atoms with Crippen molar-refractivity contribution in [2.24, 2.45) is 0 Å². The number of thioether (sulfide) groups is 1. The first kappa shape index (κ1) is 15.1. The average Bonchev–Trinajstić information content (AvgIpc) is 3.06. The fourth-order valence-corrected chi connectivity index (χ4v) is 6.56. The number of thiophene rings is 1. The summed E-state index contributed by atoms with van der Waals surface area (Å²) >= 11 is 3.10. The molecule has 3 rings (SSSR count). The normalized spacial score (nSPS) is 21.3. The lowest BCUT2D eigenvalue weighted by Crippen LogP contribution is -2.32. The second-order valence-corrected chi connectivity index (χ2v) is 9.70. The summed E-state index contributed by atoms with van der Waals surface area (Å²) in [6, 6.07) is 7.40. The number of furan rings is 1. The monoisotopic (exact) mass is 343 g/mol. The number of hydrogen-bond donors (Lipinski definition) is 0. The predicted octanol–water partition coefficient (Wildman–Crippen LogP) is 3.52. The Morgan fingerprint density at radius 3 is 2.81 bits per heavy atom. The second-order valence-electron chi connectivity index (χ2n) is 4.93. The Morgan fingerprint density at radius 2 is 2.14 bits per heavy atom. The molecule has 0 saturated carbocycles. The summed E-state index contributed by atoms with van der Waals surface area (Å²) < 4.78 is 32.8. The van der Waals surface area contributed by atoms with Crippen molar-refractivity contribution in [3.8, 4) is 0 Å². The van der Waals surface area contributed by atoms with Crippen LogP contribution in [-0.4, -0.2) is 31.6 Å². The summed E-state index contributed by atoms with van der Waals surface area (Å²) in [5.74, 6) is 1.72. The Morgan fingerprint density at radius 1 is 1.29 bits per heavy atom. The zero-order valence-electron chi connectivity index (χ0n) is 11.7. The highest BCUT2D eigenvalue weighted by atomic mass is 32.2. The first-order valence-electron chi connectivity index (χ1n) is 6.79. The molecule has 21 heavy (non-hydrogen) atoms. The first-order chi connectivity index (χ1) is 10.1. The van der Waals surface area contributed by atoms with E-state index in [9.17, 15) is 8.42 Å². The SMILES string of the molecule is Cc1ccc(S(=O)(=O)N2CCSC(c3ccco3)CC2)s1. The van der Waals surface area contributed by atoms with Gasteiger partial charge in [0.15, 0.2) is 0 Å². The fraction of sp³-hybridized carbons (Fsp3) is 0.429. The molecule has 1 aliphatic heterocycles. The lowest BCUT2D eigenvalue weighted by atomic mass is 10.2. The molecule has 1 unspecified atom stereocenters. The van der Waals surface area contributed by atoms with E-state index < -0.39 is 10.0 Å². The van der Waals surface area contributed by atoms with Crippen molar-refractivity contribution in [1.29, 1.82) is 0 Å². The van der Waals surface area contributed by atoms with Gasteiger partial charge in [-0.2, -0.15) is 4.31 Å². The van der Waals surface area contributed by atoms with Gasteiger partial charge in [-0.15, -0.1) is 23.1 Å². The van der Waals surface area contributed by atoms with Crippen LogP contribution >= 0.6 is 23.1 Å². The third kappa shape index (κ3) is 3.21. The molecule has 0 radical (unpaired) electrons. The number of sulfonamides is 1. The van der Waals surface area contributed by atoms with Gasteiger partial charge in [-0.25, -0.2) is 8.42 Å². The summed E-state index contributed by atoms with van der Waals surface area (Å²) in [6.45, 7) is 3.02. The Labute approximate surface area is 133 Å². The van der Waals surface area contributed by atoms with Crippen LogP contribution in [0.15, 0.2) is 39.2 Å². The summed E-state index contributed by atoms with van der Waals surface area (Å²) in [7, 11) is -3.35. The summed E-state index contributed by atoms with van der Waals surface area (Å²) in [5, 5.41) is 0.241. The van der Waals surface area contributed by atoms with E-state index in [0.29, 0.717) is 17.3 Å². The van der Waals surface area contributed by atoms with E-state index >= 15 is 0 Å². The van der Waals surface area contributed by atoms with Crippen molar-refractivity contribution >= 4 is 33.1 Å². The number of nitrogens with zero attached hydrogens (tertiary/aromatic N) is 1. The molecule has 0 spiro atoms. The van der Waals surface area contributed by atoms with Crippen LogP contribution in [0.5, 0.6) is 0 Å². The average molecular weight is 343 g/mol. The van der Waals surface area contributed by atoms with Gasteiger partial charge in [0.2, 0.25) is 0 Å². The molecule has 0 aromatic carbocycles. The molecule has 0 aliphatic carbocycles. The van der Waals surface area contributed by atoms with Crippen LogP contribution in [-0.2, 0) is 10.0 Å². The first-order valence-corrected chi connectivity index (χ1v) is 10.1. The van der Waals surface area contributed by atoms with Crippen molar-refractivity contribution in [2.75, 3.05) is 18.8 Å². The van der Waals surface area contributed by atoms with Gasteiger partial charge in [0, 0.05) is 23.7 Å². The summed E-state index contributed by atoms with van der Waals surface area (Å²) in [5.41, 5.74) is 0. The van der Waals surface area contributed by atoms with E-state index in [1.54, 1.807) is 28.4 Å². The highest BCUT2D eigenvalue weighted by Crippen LogP contribution is 2.36. The van der Waals surface area contributed by atoms with Crippen LogP contribution in [0.2, 0.25) is 0 Å². The van der Waals surface area contributed by atoms with Gasteiger partial charge in [-0.1, -0.05) is 0 Å². The quantitative estimate of drug-likeness (QED) is 0.855. The topological polar surface area (TPSA) is 50.5 Å². The van der Waals surface area contributed by atoms with E-state index in [-0.39, 0.29) is 5.25 Å². The zero-order chi connectivity index (χ0) is 14.9. The minimum atomic E-state index is -3.35. The number of rotatable bonds is 3. The standard InChI is InChI=1S/C14H17NO3S3/c1-11-4-5-14(20-11)21(16,17)15-7-6-13(19-10-8-15)12-3-2-9-18-12/h2-5,9,13H,6-8,10H2,1H3. The zero-order valence-corrected chi connectivity index (χ0v) is 14.1. The van der Waals surface area contributed by atoms with Crippen molar-refractivity contribution in [3.63, 3.8) is 0 Å². The van der Waals surface area contributed by atoms with Gasteiger partial charge >= 0.3 is 0 Å². The van der Waals surface area contributed by atoms with Crippen LogP contribution in [0.1, 0.15) is 22.3 Å². The molecule has 0 N–H and O–H groups in total. The van der Waals surface area contributed by atoms with Crippen molar-refractivity contribution in [2.45, 2.75) is 22.8 Å². The van der Waals surface area contributed by atoms with Crippen LogP contribution in [0.25, 0.3) is 0 Å². The molecule has 1 aliphatic rings. The maximum Gasteiger partial charge on any atom is 0.252 e. The molecule has 2 aromatic heterocycles. The highest BCUT2D eigenvalue weighted by molar-refractivity contribution is 7.99. The Kier molecular flexibility index (Phi) is 4.44. The lowest BCUT2D eigenvalue weighted by molar-refractivity contribution is 0.418. The highest BCUT2D eigenvalue weighted by Gasteiger charge is 2.29. The smallest absolute Gasteiger partial charge is 0.252 e. The molecule has 7 heteroatoms. The maximum atomic E-state index is 12.7. The van der Waals surface area contributed by atoms with Gasteiger partial charge < -0.3 is 4.42 Å². The molecule has 3 heterocycles. The predicted molar refractivity (Wildman–Crippen MR) is 86.3 cm³/mol. The lowest BCUT2D eigenvalue weighted by Gasteiger charge is -2.18. The molecule has 1 atom stereocenters. The van der Waals surface area contributed by atoms with Crippen LogP contribution in [0.4, 0.5) is 0 Å². The molecular formula is C14H17NO3S3.